The summed E-state index contributed by atoms with van der Waals surface area (Å²) in [5.41, 5.74) is 7.81. The molecule has 0 aliphatic rings. The second-order valence-corrected chi connectivity index (χ2v) is 3.73. The van der Waals surface area contributed by atoms with Crippen molar-refractivity contribution in [3.05, 3.63) is 48.0 Å². The predicted octanol–water partition coefficient (Wildman–Crippen LogP) is 1.54. The topological polar surface area (TPSA) is 70.3 Å². The Labute approximate surface area is 106 Å². The van der Waals surface area contributed by atoms with Crippen LogP contribution in [0.25, 0.3) is 0 Å². The Kier molecular flexibility index (Phi) is 3.74. The molecule has 5 nitrogen and oxygen atoms in total. The zero-order valence-corrected chi connectivity index (χ0v) is 10.3. The molecule has 2 aromatic rings. The molecule has 18 heavy (non-hydrogen) atoms. The van der Waals surface area contributed by atoms with Crippen LogP contribution in [0.15, 0.2) is 36.8 Å². The molecule has 5 heteroatoms. The summed E-state index contributed by atoms with van der Waals surface area (Å²) in [4.78, 5) is 8.02. The first-order valence-corrected chi connectivity index (χ1v) is 5.49. The standard InChI is InChI=1S/C13H15N3O2/c1-17-11-4-3-9(7-12(11)18-2)13(14)10-5-6-15-8-16-10/h3-8,13H,14H2,1-2H3. The quantitative estimate of drug-likeness (QED) is 0.884. The molecule has 0 saturated carbocycles. The van der Waals surface area contributed by atoms with Crippen LogP contribution in [0.3, 0.4) is 0 Å². The molecule has 0 fully saturated rings. The number of ether oxygens (including phenoxy) is 2. The van der Waals surface area contributed by atoms with Crippen LogP contribution in [0.5, 0.6) is 11.5 Å². The van der Waals surface area contributed by atoms with E-state index in [1.807, 2.05) is 18.2 Å². The minimum Gasteiger partial charge on any atom is -0.493 e. The Bertz CT molecular complexity index is 517. The molecule has 1 heterocycles. The number of rotatable bonds is 4. The van der Waals surface area contributed by atoms with Crippen molar-refractivity contribution in [3.8, 4) is 11.5 Å². The number of nitrogens with two attached hydrogens (primary N) is 1. The second-order valence-electron chi connectivity index (χ2n) is 3.73. The highest BCUT2D eigenvalue weighted by atomic mass is 16.5. The lowest BCUT2D eigenvalue weighted by atomic mass is 10.0. The van der Waals surface area contributed by atoms with Crippen LogP contribution < -0.4 is 15.2 Å². The van der Waals surface area contributed by atoms with E-state index < -0.39 is 0 Å². The van der Waals surface area contributed by atoms with E-state index in [1.54, 1.807) is 26.5 Å². The maximum absolute atomic E-state index is 6.14. The maximum Gasteiger partial charge on any atom is 0.161 e. The smallest absolute Gasteiger partial charge is 0.161 e. The first kappa shape index (κ1) is 12.3. The van der Waals surface area contributed by atoms with Gasteiger partial charge in [-0.1, -0.05) is 6.07 Å². The second kappa shape index (κ2) is 5.46. The summed E-state index contributed by atoms with van der Waals surface area (Å²) in [7, 11) is 3.19. The fourth-order valence-electron chi connectivity index (χ4n) is 1.70. The van der Waals surface area contributed by atoms with Gasteiger partial charge < -0.3 is 15.2 Å². The van der Waals surface area contributed by atoms with Crippen molar-refractivity contribution in [2.75, 3.05) is 14.2 Å². The van der Waals surface area contributed by atoms with E-state index in [1.165, 1.54) is 6.33 Å². The van der Waals surface area contributed by atoms with Crippen molar-refractivity contribution >= 4 is 0 Å². The number of hydrogen-bond acceptors (Lipinski definition) is 5. The summed E-state index contributed by atoms with van der Waals surface area (Å²) in [6.45, 7) is 0. The average molecular weight is 245 g/mol. The Morgan fingerprint density at radius 1 is 1.11 bits per heavy atom. The number of methoxy groups -OCH3 is 2. The molecule has 1 aromatic carbocycles. The van der Waals surface area contributed by atoms with Crippen LogP contribution in [0.4, 0.5) is 0 Å². The minimum atomic E-state index is -0.312. The molecule has 0 spiro atoms. The Morgan fingerprint density at radius 2 is 1.89 bits per heavy atom. The lowest BCUT2D eigenvalue weighted by Gasteiger charge is -2.14. The largest absolute Gasteiger partial charge is 0.493 e. The van der Waals surface area contributed by atoms with Gasteiger partial charge in [0.2, 0.25) is 0 Å². The summed E-state index contributed by atoms with van der Waals surface area (Å²) in [5.74, 6) is 1.33. The average Bonchev–Trinajstić information content (AvgIpc) is 2.46. The van der Waals surface area contributed by atoms with Crippen molar-refractivity contribution in [1.29, 1.82) is 0 Å². The van der Waals surface area contributed by atoms with Crippen LogP contribution in [0.1, 0.15) is 17.3 Å². The normalized spacial score (nSPS) is 11.9. The van der Waals surface area contributed by atoms with Crippen LogP contribution in [0, 0.1) is 0 Å². The molecule has 0 bridgehead atoms. The number of aromatic nitrogens is 2. The van der Waals surface area contributed by atoms with Crippen LogP contribution in [0.2, 0.25) is 0 Å². The van der Waals surface area contributed by atoms with Gasteiger partial charge in [0, 0.05) is 6.20 Å². The molecule has 0 saturated heterocycles. The first-order chi connectivity index (χ1) is 8.76. The van der Waals surface area contributed by atoms with Gasteiger partial charge in [-0.15, -0.1) is 0 Å². The van der Waals surface area contributed by atoms with Crippen LogP contribution >= 0.6 is 0 Å². The van der Waals surface area contributed by atoms with E-state index in [2.05, 4.69) is 9.97 Å². The molecular formula is C13H15N3O2. The molecule has 2 N–H and O–H groups in total. The Hall–Kier alpha value is -2.14. The van der Waals surface area contributed by atoms with Gasteiger partial charge in [0.15, 0.2) is 11.5 Å². The molecule has 2 rings (SSSR count). The van der Waals surface area contributed by atoms with Gasteiger partial charge in [-0.2, -0.15) is 0 Å². The SMILES string of the molecule is COc1ccc(C(N)c2ccncn2)cc1OC. The van der Waals surface area contributed by atoms with E-state index in [9.17, 15) is 0 Å². The lowest BCUT2D eigenvalue weighted by molar-refractivity contribution is 0.354. The Balaban J connectivity index is 2.34. The number of hydrogen-bond donors (Lipinski definition) is 1. The molecule has 94 valence electrons. The fraction of sp³-hybridized carbons (Fsp3) is 0.231. The molecule has 0 aliphatic carbocycles. The molecule has 0 radical (unpaired) electrons. The summed E-state index contributed by atoms with van der Waals surface area (Å²) < 4.78 is 10.4. The first-order valence-electron chi connectivity index (χ1n) is 5.49. The molecular weight excluding hydrogens is 230 g/mol. The monoisotopic (exact) mass is 245 g/mol. The van der Waals surface area contributed by atoms with Gasteiger partial charge in [-0.25, -0.2) is 9.97 Å². The summed E-state index contributed by atoms with van der Waals surface area (Å²) in [6.07, 6.45) is 3.15. The zero-order valence-electron chi connectivity index (χ0n) is 10.3. The highest BCUT2D eigenvalue weighted by Crippen LogP contribution is 2.30. The maximum atomic E-state index is 6.14. The molecule has 1 aromatic heterocycles. The minimum absolute atomic E-state index is 0.312. The van der Waals surface area contributed by atoms with Gasteiger partial charge in [0.25, 0.3) is 0 Å². The van der Waals surface area contributed by atoms with E-state index >= 15 is 0 Å². The van der Waals surface area contributed by atoms with E-state index in [0.717, 1.165) is 11.3 Å². The molecule has 1 unspecified atom stereocenters. The third kappa shape index (κ3) is 2.41. The lowest BCUT2D eigenvalue weighted by Crippen LogP contribution is -2.13. The van der Waals surface area contributed by atoms with Crippen molar-refractivity contribution in [2.45, 2.75) is 6.04 Å². The number of benzene rings is 1. The van der Waals surface area contributed by atoms with Crippen molar-refractivity contribution in [3.63, 3.8) is 0 Å². The molecule has 0 aliphatic heterocycles. The zero-order chi connectivity index (χ0) is 13.0. The molecule has 0 amide bonds. The number of nitrogens with zero attached hydrogens (tertiary/aromatic N) is 2. The highest BCUT2D eigenvalue weighted by Gasteiger charge is 2.13. The van der Waals surface area contributed by atoms with Gasteiger partial charge in [-0.3, -0.25) is 0 Å². The van der Waals surface area contributed by atoms with Crippen molar-refractivity contribution < 1.29 is 9.47 Å². The summed E-state index contributed by atoms with van der Waals surface area (Å²) in [6, 6.07) is 7.06. The van der Waals surface area contributed by atoms with Gasteiger partial charge >= 0.3 is 0 Å². The van der Waals surface area contributed by atoms with Crippen molar-refractivity contribution in [2.24, 2.45) is 5.73 Å². The predicted molar refractivity (Wildman–Crippen MR) is 67.6 cm³/mol. The Morgan fingerprint density at radius 3 is 2.50 bits per heavy atom. The van der Waals surface area contributed by atoms with E-state index in [4.69, 9.17) is 15.2 Å². The summed E-state index contributed by atoms with van der Waals surface area (Å²) >= 11 is 0. The summed E-state index contributed by atoms with van der Waals surface area (Å²) in [5, 5.41) is 0. The third-order valence-electron chi connectivity index (χ3n) is 2.69. The van der Waals surface area contributed by atoms with Crippen LogP contribution in [-0.2, 0) is 0 Å². The van der Waals surface area contributed by atoms with E-state index in [0.29, 0.717) is 11.5 Å². The van der Waals surface area contributed by atoms with Crippen molar-refractivity contribution in [1.82, 2.24) is 9.97 Å². The molecule has 1 atom stereocenters. The van der Waals surface area contributed by atoms with Gasteiger partial charge in [-0.05, 0) is 23.8 Å². The van der Waals surface area contributed by atoms with E-state index in [-0.39, 0.29) is 6.04 Å². The third-order valence-corrected chi connectivity index (χ3v) is 2.69. The highest BCUT2D eigenvalue weighted by molar-refractivity contribution is 5.45. The fourth-order valence-corrected chi connectivity index (χ4v) is 1.70. The van der Waals surface area contributed by atoms with Gasteiger partial charge in [0.05, 0.1) is 26.0 Å². The van der Waals surface area contributed by atoms with Crippen LogP contribution in [-0.4, -0.2) is 24.2 Å². The van der Waals surface area contributed by atoms with Gasteiger partial charge in [0.1, 0.15) is 6.33 Å².